The number of piperidine rings is 1. The molecule has 3 heterocycles. The van der Waals surface area contributed by atoms with Crippen molar-refractivity contribution >= 4 is 5.91 Å². The summed E-state index contributed by atoms with van der Waals surface area (Å²) >= 11 is 0. The Morgan fingerprint density at radius 2 is 2.08 bits per heavy atom. The van der Waals surface area contributed by atoms with E-state index in [4.69, 9.17) is 4.52 Å². The molecule has 128 valence electrons. The molecule has 1 amide bonds. The Labute approximate surface area is 145 Å². The van der Waals surface area contributed by atoms with Crippen LogP contribution in [0.3, 0.4) is 0 Å². The average molecular weight is 336 g/mol. The normalized spacial score (nSPS) is 17.6. The van der Waals surface area contributed by atoms with Crippen molar-refractivity contribution in [3.8, 4) is 11.3 Å². The number of amides is 1. The van der Waals surface area contributed by atoms with Crippen molar-refractivity contribution in [2.45, 2.75) is 32.2 Å². The minimum Gasteiger partial charge on any atom is -0.361 e. The molecule has 4 rings (SSSR count). The number of aromatic amines is 1. The Bertz CT molecular complexity index is 852. The molecule has 0 bridgehead atoms. The van der Waals surface area contributed by atoms with Crippen LogP contribution in [0.5, 0.6) is 0 Å². The van der Waals surface area contributed by atoms with E-state index in [-0.39, 0.29) is 11.9 Å². The van der Waals surface area contributed by atoms with Gasteiger partial charge in [0.2, 0.25) is 0 Å². The molecule has 0 radical (unpaired) electrons. The highest BCUT2D eigenvalue weighted by atomic mass is 16.5. The number of aryl methyl sites for hydroxylation is 1. The minimum atomic E-state index is -0.00835. The SMILES string of the molecule is Cc1cc([C@@H]2CCCCN2C(=O)c2ccc(-c3ccn[nH]3)cc2)no1. The molecule has 1 aliphatic rings. The number of nitrogens with one attached hydrogen (secondary N) is 1. The van der Waals surface area contributed by atoms with Crippen molar-refractivity contribution in [3.63, 3.8) is 0 Å². The van der Waals surface area contributed by atoms with Gasteiger partial charge in [0.1, 0.15) is 11.5 Å². The first-order chi connectivity index (χ1) is 12.2. The summed E-state index contributed by atoms with van der Waals surface area (Å²) in [5, 5.41) is 11.0. The van der Waals surface area contributed by atoms with Crippen molar-refractivity contribution in [2.75, 3.05) is 6.54 Å². The van der Waals surface area contributed by atoms with Gasteiger partial charge in [0.25, 0.3) is 5.91 Å². The summed E-state index contributed by atoms with van der Waals surface area (Å²) in [6.45, 7) is 2.62. The van der Waals surface area contributed by atoms with Crippen LogP contribution >= 0.6 is 0 Å². The van der Waals surface area contributed by atoms with Crippen molar-refractivity contribution in [1.29, 1.82) is 0 Å². The van der Waals surface area contributed by atoms with Gasteiger partial charge in [-0.15, -0.1) is 0 Å². The number of H-pyrrole nitrogens is 1. The molecule has 1 fully saturated rings. The lowest BCUT2D eigenvalue weighted by Gasteiger charge is -2.34. The predicted molar refractivity (Wildman–Crippen MR) is 92.9 cm³/mol. The fourth-order valence-corrected chi connectivity index (χ4v) is 3.40. The smallest absolute Gasteiger partial charge is 0.254 e. The fraction of sp³-hybridized carbons (Fsp3) is 0.316. The van der Waals surface area contributed by atoms with E-state index in [1.165, 1.54) is 0 Å². The lowest BCUT2D eigenvalue weighted by atomic mass is 9.97. The van der Waals surface area contributed by atoms with E-state index >= 15 is 0 Å². The molecule has 0 unspecified atom stereocenters. The molecular formula is C19H20N4O2. The minimum absolute atomic E-state index is 0.00835. The summed E-state index contributed by atoms with van der Waals surface area (Å²) in [4.78, 5) is 15.0. The lowest BCUT2D eigenvalue weighted by molar-refractivity contribution is 0.0602. The Balaban J connectivity index is 1.58. The molecule has 1 N–H and O–H groups in total. The van der Waals surface area contributed by atoms with Crippen LogP contribution in [0, 0.1) is 6.92 Å². The van der Waals surface area contributed by atoms with Crippen LogP contribution in [0.15, 0.2) is 47.1 Å². The first-order valence-corrected chi connectivity index (χ1v) is 8.56. The molecule has 3 aromatic rings. The van der Waals surface area contributed by atoms with E-state index in [0.29, 0.717) is 5.56 Å². The lowest BCUT2D eigenvalue weighted by Crippen LogP contribution is -2.38. The zero-order valence-corrected chi connectivity index (χ0v) is 14.1. The maximum atomic E-state index is 13.0. The second kappa shape index (κ2) is 6.55. The second-order valence-electron chi connectivity index (χ2n) is 6.42. The molecule has 0 spiro atoms. The largest absolute Gasteiger partial charge is 0.361 e. The van der Waals surface area contributed by atoms with Gasteiger partial charge in [0, 0.05) is 24.4 Å². The van der Waals surface area contributed by atoms with Crippen LogP contribution in [0.2, 0.25) is 0 Å². The van der Waals surface area contributed by atoms with Crippen LogP contribution in [0.25, 0.3) is 11.3 Å². The number of hydrogen-bond acceptors (Lipinski definition) is 4. The molecule has 2 aromatic heterocycles. The zero-order chi connectivity index (χ0) is 17.2. The topological polar surface area (TPSA) is 75.0 Å². The number of likely N-dealkylation sites (tertiary alicyclic amines) is 1. The monoisotopic (exact) mass is 336 g/mol. The van der Waals surface area contributed by atoms with Crippen LogP contribution in [-0.2, 0) is 0 Å². The van der Waals surface area contributed by atoms with Gasteiger partial charge in [-0.1, -0.05) is 17.3 Å². The molecule has 0 aliphatic carbocycles. The van der Waals surface area contributed by atoms with Crippen molar-refractivity contribution in [3.05, 3.63) is 59.6 Å². The third kappa shape index (κ3) is 3.07. The number of hydrogen-bond donors (Lipinski definition) is 1. The maximum absolute atomic E-state index is 13.0. The Hall–Kier alpha value is -2.89. The number of benzene rings is 1. The molecule has 6 nitrogen and oxygen atoms in total. The Morgan fingerprint density at radius 1 is 1.24 bits per heavy atom. The number of nitrogens with zero attached hydrogens (tertiary/aromatic N) is 3. The van der Waals surface area contributed by atoms with Gasteiger partial charge < -0.3 is 9.42 Å². The number of rotatable bonds is 3. The first kappa shape index (κ1) is 15.6. The molecule has 1 aromatic carbocycles. The van der Waals surface area contributed by atoms with E-state index in [1.54, 1.807) is 6.20 Å². The first-order valence-electron chi connectivity index (χ1n) is 8.56. The number of aromatic nitrogens is 3. The highest BCUT2D eigenvalue weighted by Crippen LogP contribution is 2.32. The van der Waals surface area contributed by atoms with Crippen molar-refractivity contribution in [2.24, 2.45) is 0 Å². The number of carbonyl (C=O) groups excluding carboxylic acids is 1. The third-order valence-corrected chi connectivity index (χ3v) is 4.69. The van der Waals surface area contributed by atoms with Gasteiger partial charge in [-0.25, -0.2) is 0 Å². The summed E-state index contributed by atoms with van der Waals surface area (Å²) < 4.78 is 5.21. The molecule has 0 saturated carbocycles. The van der Waals surface area contributed by atoms with Crippen LogP contribution in [-0.4, -0.2) is 32.7 Å². The standard InChI is InChI=1S/C19H20N4O2/c1-13-12-17(22-25-13)18-4-2-3-11-23(18)19(24)15-7-5-14(6-8-15)16-9-10-20-21-16/h5-10,12,18H,2-4,11H2,1H3,(H,20,21)/t18-/m0/s1. The summed E-state index contributed by atoms with van der Waals surface area (Å²) in [5.41, 5.74) is 3.49. The highest BCUT2D eigenvalue weighted by Gasteiger charge is 2.30. The van der Waals surface area contributed by atoms with Crippen molar-refractivity contribution < 1.29 is 9.32 Å². The van der Waals surface area contributed by atoms with E-state index < -0.39 is 0 Å². The van der Waals surface area contributed by atoms with Gasteiger partial charge in [0.05, 0.1) is 11.7 Å². The Kier molecular flexibility index (Phi) is 4.09. The fourth-order valence-electron chi connectivity index (χ4n) is 3.40. The molecule has 6 heteroatoms. The zero-order valence-electron chi connectivity index (χ0n) is 14.1. The molecule has 1 saturated heterocycles. The number of carbonyl (C=O) groups is 1. The predicted octanol–water partition coefficient (Wildman–Crippen LogP) is 3.74. The van der Waals surface area contributed by atoms with E-state index in [9.17, 15) is 4.79 Å². The summed E-state index contributed by atoms with van der Waals surface area (Å²) in [7, 11) is 0. The van der Waals surface area contributed by atoms with Crippen LogP contribution < -0.4 is 0 Å². The van der Waals surface area contributed by atoms with E-state index in [1.807, 2.05) is 48.2 Å². The summed E-state index contributed by atoms with van der Waals surface area (Å²) in [5.74, 6) is 0.818. The van der Waals surface area contributed by atoms with Gasteiger partial charge in [-0.05, 0) is 49.9 Å². The van der Waals surface area contributed by atoms with E-state index in [2.05, 4.69) is 15.4 Å². The molecule has 1 atom stereocenters. The molecular weight excluding hydrogens is 316 g/mol. The quantitative estimate of drug-likeness (QED) is 0.790. The van der Waals surface area contributed by atoms with Crippen molar-refractivity contribution in [1.82, 2.24) is 20.3 Å². The van der Waals surface area contributed by atoms with Gasteiger partial charge >= 0.3 is 0 Å². The van der Waals surface area contributed by atoms with Gasteiger partial charge in [-0.3, -0.25) is 9.89 Å². The van der Waals surface area contributed by atoms with Crippen LogP contribution in [0.1, 0.15) is 47.1 Å². The second-order valence-corrected chi connectivity index (χ2v) is 6.42. The maximum Gasteiger partial charge on any atom is 0.254 e. The van der Waals surface area contributed by atoms with Gasteiger partial charge in [-0.2, -0.15) is 5.10 Å². The van der Waals surface area contributed by atoms with E-state index in [0.717, 1.165) is 48.5 Å². The average Bonchev–Trinajstić information content (AvgIpc) is 3.33. The molecule has 1 aliphatic heterocycles. The summed E-state index contributed by atoms with van der Waals surface area (Å²) in [6, 6.07) is 11.5. The molecule has 25 heavy (non-hydrogen) atoms. The third-order valence-electron chi connectivity index (χ3n) is 4.69. The highest BCUT2D eigenvalue weighted by molar-refractivity contribution is 5.95. The van der Waals surface area contributed by atoms with Gasteiger partial charge in [0.15, 0.2) is 0 Å². The summed E-state index contributed by atoms with van der Waals surface area (Å²) in [6.07, 6.45) is 4.75. The van der Waals surface area contributed by atoms with Crippen LogP contribution in [0.4, 0.5) is 0 Å². The Morgan fingerprint density at radius 3 is 2.76 bits per heavy atom.